The van der Waals surface area contributed by atoms with E-state index in [0.717, 1.165) is 49.3 Å². The highest BCUT2D eigenvalue weighted by Gasteiger charge is 2.18. The van der Waals surface area contributed by atoms with Gasteiger partial charge in [-0.15, -0.1) is 0 Å². The molecule has 2 amide bonds. The minimum absolute atomic E-state index is 0.00303. The summed E-state index contributed by atoms with van der Waals surface area (Å²) in [5, 5.41) is 5.01. The van der Waals surface area contributed by atoms with Crippen LogP contribution in [-0.4, -0.2) is 62.7 Å². The molecule has 1 aliphatic heterocycles. The van der Waals surface area contributed by atoms with Crippen LogP contribution in [0.15, 0.2) is 72.8 Å². The molecule has 0 aromatic heterocycles. The number of carbonyl (C=O) groups is 2. The van der Waals surface area contributed by atoms with E-state index in [2.05, 4.69) is 10.2 Å². The summed E-state index contributed by atoms with van der Waals surface area (Å²) >= 11 is 0. The summed E-state index contributed by atoms with van der Waals surface area (Å²) in [6.45, 7) is 4.96. The lowest BCUT2D eigenvalue weighted by Gasteiger charge is -2.30. The first kappa shape index (κ1) is 22.0. The Bertz CT molecular complexity index is 1050. The summed E-state index contributed by atoms with van der Waals surface area (Å²) in [7, 11) is 0. The van der Waals surface area contributed by atoms with Gasteiger partial charge in [-0.3, -0.25) is 14.5 Å². The number of benzene rings is 3. The van der Waals surface area contributed by atoms with Crippen LogP contribution in [0.4, 0.5) is 5.69 Å². The Kier molecular flexibility index (Phi) is 7.48. The minimum atomic E-state index is -0.164. The summed E-state index contributed by atoms with van der Waals surface area (Å²) in [4.78, 5) is 29.8. The number of nitrogens with one attached hydrogen (secondary N) is 1. The van der Waals surface area contributed by atoms with Gasteiger partial charge in [0, 0.05) is 50.4 Å². The van der Waals surface area contributed by atoms with Gasteiger partial charge in [0.1, 0.15) is 0 Å². The number of anilines is 1. The number of rotatable bonds is 8. The zero-order valence-electron chi connectivity index (χ0n) is 18.2. The Morgan fingerprint density at radius 1 is 0.906 bits per heavy atom. The van der Waals surface area contributed by atoms with Crippen molar-refractivity contribution in [1.82, 2.24) is 10.2 Å². The fourth-order valence-electron chi connectivity index (χ4n) is 3.92. The average molecular weight is 432 g/mol. The van der Waals surface area contributed by atoms with Crippen LogP contribution in [0.25, 0.3) is 10.8 Å². The first-order valence-corrected chi connectivity index (χ1v) is 11.1. The molecular weight excluding hydrogens is 402 g/mol. The van der Waals surface area contributed by atoms with Crippen LogP contribution in [0.5, 0.6) is 0 Å². The summed E-state index contributed by atoms with van der Waals surface area (Å²) in [6, 6.07) is 23.3. The summed E-state index contributed by atoms with van der Waals surface area (Å²) < 4.78 is 5.41. The standard InChI is InChI=1S/C26H29N3O3/c30-25(12-13-27-26(31)23-11-10-21-6-4-5-7-22(21)20-23)29(24-8-2-1-3-9-24)15-14-28-16-18-32-19-17-28/h1-11,20H,12-19H2,(H,27,31). The molecule has 4 rings (SSSR count). The van der Waals surface area contributed by atoms with Crippen molar-refractivity contribution in [3.63, 3.8) is 0 Å². The van der Waals surface area contributed by atoms with E-state index in [1.165, 1.54) is 0 Å². The van der Waals surface area contributed by atoms with E-state index in [9.17, 15) is 9.59 Å². The molecule has 1 fully saturated rings. The van der Waals surface area contributed by atoms with Gasteiger partial charge in [-0.25, -0.2) is 0 Å². The smallest absolute Gasteiger partial charge is 0.251 e. The number of hydrogen-bond donors (Lipinski definition) is 1. The van der Waals surface area contributed by atoms with E-state index in [4.69, 9.17) is 4.74 Å². The number of ether oxygens (including phenoxy) is 1. The third-order valence-corrected chi connectivity index (χ3v) is 5.75. The molecule has 1 aliphatic rings. The zero-order chi connectivity index (χ0) is 22.2. The van der Waals surface area contributed by atoms with Gasteiger partial charge < -0.3 is 15.0 Å². The Morgan fingerprint density at radius 3 is 2.41 bits per heavy atom. The van der Waals surface area contributed by atoms with Crippen molar-refractivity contribution in [1.29, 1.82) is 0 Å². The molecule has 3 aromatic rings. The van der Waals surface area contributed by atoms with Gasteiger partial charge in [0.05, 0.1) is 13.2 Å². The number of nitrogens with zero attached hydrogens (tertiary/aromatic N) is 2. The molecule has 0 aliphatic carbocycles. The molecule has 6 nitrogen and oxygen atoms in total. The van der Waals surface area contributed by atoms with Crippen molar-refractivity contribution < 1.29 is 14.3 Å². The predicted molar refractivity (Wildman–Crippen MR) is 127 cm³/mol. The van der Waals surface area contributed by atoms with Crippen molar-refractivity contribution >= 4 is 28.3 Å². The first-order chi connectivity index (χ1) is 15.7. The fraction of sp³-hybridized carbons (Fsp3) is 0.308. The number of para-hydroxylation sites is 1. The third-order valence-electron chi connectivity index (χ3n) is 5.75. The summed E-state index contributed by atoms with van der Waals surface area (Å²) in [5.41, 5.74) is 1.48. The molecule has 1 saturated heterocycles. The average Bonchev–Trinajstić information content (AvgIpc) is 2.85. The second-order valence-electron chi connectivity index (χ2n) is 7.90. The zero-order valence-corrected chi connectivity index (χ0v) is 18.2. The van der Waals surface area contributed by atoms with Gasteiger partial charge in [0.15, 0.2) is 0 Å². The number of carbonyl (C=O) groups excluding carboxylic acids is 2. The van der Waals surface area contributed by atoms with Crippen molar-refractivity contribution in [2.24, 2.45) is 0 Å². The van der Waals surface area contributed by atoms with E-state index >= 15 is 0 Å². The van der Waals surface area contributed by atoms with Crippen molar-refractivity contribution in [2.75, 3.05) is 50.8 Å². The number of fused-ring (bicyclic) bond motifs is 1. The lowest BCUT2D eigenvalue weighted by Crippen LogP contribution is -2.43. The van der Waals surface area contributed by atoms with E-state index in [-0.39, 0.29) is 18.2 Å². The molecule has 166 valence electrons. The Balaban J connectivity index is 1.34. The van der Waals surface area contributed by atoms with Crippen molar-refractivity contribution in [2.45, 2.75) is 6.42 Å². The maximum atomic E-state index is 13.0. The van der Waals surface area contributed by atoms with Crippen LogP contribution < -0.4 is 10.2 Å². The number of morpholine rings is 1. The van der Waals surface area contributed by atoms with E-state index in [0.29, 0.717) is 18.7 Å². The second kappa shape index (κ2) is 10.9. The molecular formula is C26H29N3O3. The molecule has 3 aromatic carbocycles. The SMILES string of the molecule is O=C(NCCC(=O)N(CCN1CCOCC1)c1ccccc1)c1ccc2ccccc2c1. The second-order valence-corrected chi connectivity index (χ2v) is 7.90. The number of hydrogen-bond acceptors (Lipinski definition) is 4. The Hall–Kier alpha value is -3.22. The molecule has 0 saturated carbocycles. The lowest BCUT2D eigenvalue weighted by atomic mass is 10.1. The van der Waals surface area contributed by atoms with Gasteiger partial charge >= 0.3 is 0 Å². The summed E-state index contributed by atoms with van der Waals surface area (Å²) in [5.74, 6) is -0.161. The highest BCUT2D eigenvalue weighted by atomic mass is 16.5. The topological polar surface area (TPSA) is 61.9 Å². The highest BCUT2D eigenvalue weighted by Crippen LogP contribution is 2.16. The normalized spacial score (nSPS) is 14.2. The van der Waals surface area contributed by atoms with E-state index in [1.54, 1.807) is 0 Å². The van der Waals surface area contributed by atoms with E-state index < -0.39 is 0 Å². The predicted octanol–water partition coefficient (Wildman–Crippen LogP) is 3.33. The van der Waals surface area contributed by atoms with Crippen LogP contribution in [0, 0.1) is 0 Å². The molecule has 0 bridgehead atoms. The molecule has 32 heavy (non-hydrogen) atoms. The van der Waals surface area contributed by atoms with Crippen LogP contribution in [0.1, 0.15) is 16.8 Å². The molecule has 0 spiro atoms. The highest BCUT2D eigenvalue weighted by molar-refractivity contribution is 5.99. The maximum absolute atomic E-state index is 13.0. The molecule has 0 radical (unpaired) electrons. The molecule has 0 unspecified atom stereocenters. The quantitative estimate of drug-likeness (QED) is 0.594. The van der Waals surface area contributed by atoms with Crippen LogP contribution in [0.2, 0.25) is 0 Å². The monoisotopic (exact) mass is 431 g/mol. The summed E-state index contributed by atoms with van der Waals surface area (Å²) in [6.07, 6.45) is 0.247. The molecule has 1 N–H and O–H groups in total. The van der Waals surface area contributed by atoms with Crippen LogP contribution in [0.3, 0.4) is 0 Å². The van der Waals surface area contributed by atoms with Gasteiger partial charge in [-0.05, 0) is 35.0 Å². The van der Waals surface area contributed by atoms with Gasteiger partial charge in [-0.2, -0.15) is 0 Å². The molecule has 0 atom stereocenters. The largest absolute Gasteiger partial charge is 0.379 e. The number of amides is 2. The molecule has 6 heteroatoms. The van der Waals surface area contributed by atoms with Crippen molar-refractivity contribution in [3.05, 3.63) is 78.4 Å². The van der Waals surface area contributed by atoms with Gasteiger partial charge in [0.25, 0.3) is 5.91 Å². The van der Waals surface area contributed by atoms with E-state index in [1.807, 2.05) is 77.7 Å². The van der Waals surface area contributed by atoms with Gasteiger partial charge in [0.2, 0.25) is 5.91 Å². The van der Waals surface area contributed by atoms with Gasteiger partial charge in [-0.1, -0.05) is 48.5 Å². The van der Waals surface area contributed by atoms with Crippen LogP contribution in [-0.2, 0) is 9.53 Å². The van der Waals surface area contributed by atoms with Crippen LogP contribution >= 0.6 is 0 Å². The Labute approximate surface area is 188 Å². The Morgan fingerprint density at radius 2 is 1.62 bits per heavy atom. The third kappa shape index (κ3) is 5.72. The molecule has 1 heterocycles. The minimum Gasteiger partial charge on any atom is -0.379 e. The maximum Gasteiger partial charge on any atom is 0.251 e. The van der Waals surface area contributed by atoms with Crippen molar-refractivity contribution in [3.8, 4) is 0 Å². The first-order valence-electron chi connectivity index (χ1n) is 11.1. The fourth-order valence-corrected chi connectivity index (χ4v) is 3.92. The lowest BCUT2D eigenvalue weighted by molar-refractivity contribution is -0.118.